The van der Waals surface area contributed by atoms with E-state index in [9.17, 15) is 14.0 Å². The highest BCUT2D eigenvalue weighted by molar-refractivity contribution is 6.39. The van der Waals surface area contributed by atoms with Gasteiger partial charge in [-0.25, -0.2) is 4.39 Å². The number of rotatable bonds is 1. The first-order valence-electron chi connectivity index (χ1n) is 6.33. The Labute approximate surface area is 121 Å². The van der Waals surface area contributed by atoms with Crippen LogP contribution >= 0.6 is 11.6 Å². The highest BCUT2D eigenvalue weighted by Crippen LogP contribution is 2.18. The first-order chi connectivity index (χ1) is 9.56. The summed E-state index contributed by atoms with van der Waals surface area (Å²) in [5.74, 6) is -1.97. The molecule has 1 aromatic rings. The second-order valence-electron chi connectivity index (χ2n) is 4.51. The van der Waals surface area contributed by atoms with Crippen molar-refractivity contribution < 1.29 is 14.0 Å². The second-order valence-corrected chi connectivity index (χ2v) is 4.94. The van der Waals surface area contributed by atoms with Crippen LogP contribution in [-0.2, 0) is 9.59 Å². The number of carbonyl (C=O) groups excluding carboxylic acids is 2. The number of anilines is 1. The minimum atomic E-state index is -0.784. The molecule has 0 spiro atoms. The van der Waals surface area contributed by atoms with Crippen molar-refractivity contribution >= 4 is 29.1 Å². The molecule has 1 aliphatic rings. The molecule has 5 nitrogen and oxygen atoms in total. The number of nitrogens with zero attached hydrogens (tertiary/aromatic N) is 1. The van der Waals surface area contributed by atoms with Crippen LogP contribution in [0, 0.1) is 5.82 Å². The van der Waals surface area contributed by atoms with E-state index in [0.29, 0.717) is 19.6 Å². The molecule has 1 aliphatic heterocycles. The minimum absolute atomic E-state index is 0.159. The lowest BCUT2D eigenvalue weighted by molar-refractivity contribution is -0.143. The van der Waals surface area contributed by atoms with E-state index in [1.165, 1.54) is 11.0 Å². The Hall–Kier alpha value is -1.66. The molecule has 0 bridgehead atoms. The zero-order valence-electron chi connectivity index (χ0n) is 10.8. The van der Waals surface area contributed by atoms with Crippen molar-refractivity contribution in [3.05, 3.63) is 29.0 Å². The third-order valence-corrected chi connectivity index (χ3v) is 3.16. The number of hydrogen-bond acceptors (Lipinski definition) is 3. The molecule has 20 heavy (non-hydrogen) atoms. The Bertz CT molecular complexity index is 496. The number of amides is 2. The van der Waals surface area contributed by atoms with Crippen LogP contribution in [-0.4, -0.2) is 42.9 Å². The number of hydrogen-bond donors (Lipinski definition) is 2. The summed E-state index contributed by atoms with van der Waals surface area (Å²) in [6, 6.07) is 3.63. The van der Waals surface area contributed by atoms with Gasteiger partial charge in [-0.2, -0.15) is 0 Å². The molecule has 2 rings (SSSR count). The summed E-state index contributed by atoms with van der Waals surface area (Å²) in [7, 11) is 0. The maximum Gasteiger partial charge on any atom is 0.313 e. The third-order valence-electron chi connectivity index (χ3n) is 2.94. The van der Waals surface area contributed by atoms with Gasteiger partial charge in [0, 0.05) is 30.3 Å². The van der Waals surface area contributed by atoms with Gasteiger partial charge in [0.05, 0.1) is 0 Å². The third kappa shape index (κ3) is 3.91. The average Bonchev–Trinajstić information content (AvgIpc) is 2.65. The fraction of sp³-hybridized carbons (Fsp3) is 0.385. The van der Waals surface area contributed by atoms with Crippen LogP contribution in [0.5, 0.6) is 0 Å². The molecule has 0 atom stereocenters. The van der Waals surface area contributed by atoms with Crippen LogP contribution in [0.1, 0.15) is 6.42 Å². The lowest BCUT2D eigenvalue weighted by atomic mass is 10.3. The number of nitrogens with one attached hydrogen (secondary N) is 2. The lowest BCUT2D eigenvalue weighted by Crippen LogP contribution is -2.41. The van der Waals surface area contributed by atoms with E-state index in [0.717, 1.165) is 25.1 Å². The summed E-state index contributed by atoms with van der Waals surface area (Å²) in [4.78, 5) is 25.3. The van der Waals surface area contributed by atoms with Gasteiger partial charge in [0.1, 0.15) is 5.82 Å². The van der Waals surface area contributed by atoms with Gasteiger partial charge >= 0.3 is 11.8 Å². The molecule has 1 heterocycles. The quantitative estimate of drug-likeness (QED) is 0.767. The van der Waals surface area contributed by atoms with Crippen molar-refractivity contribution in [3.63, 3.8) is 0 Å². The van der Waals surface area contributed by atoms with Gasteiger partial charge in [-0.15, -0.1) is 0 Å². The molecule has 2 N–H and O–H groups in total. The first-order valence-corrected chi connectivity index (χ1v) is 6.71. The molecule has 0 radical (unpaired) electrons. The lowest BCUT2D eigenvalue weighted by Gasteiger charge is -2.19. The van der Waals surface area contributed by atoms with E-state index in [2.05, 4.69) is 10.6 Å². The van der Waals surface area contributed by atoms with E-state index in [4.69, 9.17) is 11.6 Å². The fourth-order valence-corrected chi connectivity index (χ4v) is 2.22. The Morgan fingerprint density at radius 3 is 2.80 bits per heavy atom. The Morgan fingerprint density at radius 2 is 2.05 bits per heavy atom. The van der Waals surface area contributed by atoms with Crippen LogP contribution < -0.4 is 10.6 Å². The fourth-order valence-electron chi connectivity index (χ4n) is 2.00. The largest absolute Gasteiger partial charge is 0.333 e. The van der Waals surface area contributed by atoms with Crippen molar-refractivity contribution in [2.24, 2.45) is 0 Å². The normalized spacial score (nSPS) is 15.6. The van der Waals surface area contributed by atoms with Gasteiger partial charge in [0.15, 0.2) is 0 Å². The Balaban J connectivity index is 2.01. The van der Waals surface area contributed by atoms with E-state index in [1.54, 1.807) is 0 Å². The van der Waals surface area contributed by atoms with Crippen LogP contribution in [0.4, 0.5) is 10.1 Å². The average molecular weight is 300 g/mol. The molecular formula is C13H15ClFN3O2. The SMILES string of the molecule is O=C(Nc1cc(F)cc(Cl)c1)C(=O)N1CCCNCC1. The zero-order valence-corrected chi connectivity index (χ0v) is 11.5. The minimum Gasteiger partial charge on any atom is -0.333 e. The van der Waals surface area contributed by atoms with Crippen molar-refractivity contribution in [1.82, 2.24) is 10.2 Å². The van der Waals surface area contributed by atoms with Crippen molar-refractivity contribution in [1.29, 1.82) is 0 Å². The standard InChI is InChI=1S/C13H15ClFN3O2/c14-9-6-10(15)8-11(7-9)17-12(19)13(20)18-4-1-2-16-3-5-18/h6-8,16H,1-5H2,(H,17,19). The van der Waals surface area contributed by atoms with Crippen LogP contribution in [0.15, 0.2) is 18.2 Å². The topological polar surface area (TPSA) is 61.4 Å². The molecule has 0 aromatic heterocycles. The van der Waals surface area contributed by atoms with Gasteiger partial charge in [-0.1, -0.05) is 11.6 Å². The Kier molecular flexibility index (Phi) is 4.92. The number of halogens is 2. The van der Waals surface area contributed by atoms with Crippen molar-refractivity contribution in [2.75, 3.05) is 31.5 Å². The first kappa shape index (κ1) is 14.7. The summed E-state index contributed by atoms with van der Waals surface area (Å²) in [5, 5.41) is 5.67. The van der Waals surface area contributed by atoms with E-state index >= 15 is 0 Å². The van der Waals surface area contributed by atoms with Crippen molar-refractivity contribution in [2.45, 2.75) is 6.42 Å². The zero-order chi connectivity index (χ0) is 14.5. The summed E-state index contributed by atoms with van der Waals surface area (Å²) in [6.07, 6.45) is 0.796. The summed E-state index contributed by atoms with van der Waals surface area (Å²) < 4.78 is 13.1. The maximum absolute atomic E-state index is 13.1. The molecule has 1 fully saturated rings. The van der Waals surface area contributed by atoms with Crippen LogP contribution in [0.25, 0.3) is 0 Å². The van der Waals surface area contributed by atoms with Crippen molar-refractivity contribution in [3.8, 4) is 0 Å². The molecule has 7 heteroatoms. The maximum atomic E-state index is 13.1. The molecule has 0 saturated carbocycles. The van der Waals surface area contributed by atoms with Gasteiger partial charge in [-0.05, 0) is 31.2 Å². The summed E-state index contributed by atoms with van der Waals surface area (Å²) in [5.41, 5.74) is 0.168. The van der Waals surface area contributed by atoms with E-state index in [-0.39, 0.29) is 10.7 Å². The summed E-state index contributed by atoms with van der Waals surface area (Å²) >= 11 is 5.69. The predicted molar refractivity (Wildman–Crippen MR) is 74.1 cm³/mol. The van der Waals surface area contributed by atoms with E-state index < -0.39 is 17.6 Å². The molecular weight excluding hydrogens is 285 g/mol. The molecule has 2 amide bonds. The monoisotopic (exact) mass is 299 g/mol. The Morgan fingerprint density at radius 1 is 1.25 bits per heavy atom. The van der Waals surface area contributed by atoms with Gasteiger partial charge in [0.2, 0.25) is 0 Å². The molecule has 108 valence electrons. The molecule has 1 aromatic carbocycles. The number of carbonyl (C=O) groups is 2. The summed E-state index contributed by atoms with van der Waals surface area (Å²) in [6.45, 7) is 2.50. The van der Waals surface area contributed by atoms with Crippen LogP contribution in [0.3, 0.4) is 0 Å². The highest BCUT2D eigenvalue weighted by atomic mass is 35.5. The highest BCUT2D eigenvalue weighted by Gasteiger charge is 2.22. The smallest absolute Gasteiger partial charge is 0.313 e. The second kappa shape index (κ2) is 6.67. The van der Waals surface area contributed by atoms with E-state index in [1.807, 2.05) is 0 Å². The van der Waals surface area contributed by atoms with Gasteiger partial charge in [0.25, 0.3) is 0 Å². The van der Waals surface area contributed by atoms with Crippen LogP contribution in [0.2, 0.25) is 5.02 Å². The predicted octanol–water partition coefficient (Wildman–Crippen LogP) is 1.24. The number of benzene rings is 1. The van der Waals surface area contributed by atoms with Gasteiger partial charge < -0.3 is 15.5 Å². The molecule has 0 unspecified atom stereocenters. The molecule has 1 saturated heterocycles. The van der Waals surface area contributed by atoms with Gasteiger partial charge in [-0.3, -0.25) is 9.59 Å². The molecule has 0 aliphatic carbocycles.